The van der Waals surface area contributed by atoms with E-state index in [1.807, 2.05) is 61.7 Å². The number of aliphatic carboxylic acids is 1. The first-order valence-corrected chi connectivity index (χ1v) is 21.6. The Labute approximate surface area is 352 Å². The van der Waals surface area contributed by atoms with Gasteiger partial charge in [-0.25, -0.2) is 19.7 Å². The van der Waals surface area contributed by atoms with E-state index in [-0.39, 0.29) is 48.1 Å². The highest BCUT2D eigenvalue weighted by atomic mass is 19.4. The van der Waals surface area contributed by atoms with Gasteiger partial charge in [-0.05, 0) is 105 Å². The summed E-state index contributed by atoms with van der Waals surface area (Å²) in [6.45, 7) is 4.06. The van der Waals surface area contributed by atoms with Crippen molar-refractivity contribution >= 4 is 28.7 Å². The molecule has 3 aromatic heterocycles. The minimum atomic E-state index is -4.99. The lowest BCUT2D eigenvalue weighted by atomic mass is 9.78. The van der Waals surface area contributed by atoms with Crippen LogP contribution in [-0.4, -0.2) is 67.3 Å². The predicted molar refractivity (Wildman–Crippen MR) is 223 cm³/mol. The zero-order valence-electron chi connectivity index (χ0n) is 34.2. The number of benzene rings is 2. The van der Waals surface area contributed by atoms with Crippen LogP contribution in [0.2, 0.25) is 0 Å². The van der Waals surface area contributed by atoms with Gasteiger partial charge in [0.05, 0.1) is 29.5 Å². The number of rotatable bonds is 11. The van der Waals surface area contributed by atoms with Gasteiger partial charge in [0.25, 0.3) is 5.91 Å². The second-order valence-electron chi connectivity index (χ2n) is 17.6. The van der Waals surface area contributed by atoms with Crippen molar-refractivity contribution < 1.29 is 37.3 Å². The molecule has 2 bridgehead atoms. The number of ether oxygens (including phenoxy) is 2. The summed E-state index contributed by atoms with van der Waals surface area (Å²) in [5, 5.41) is 13.7. The molecule has 1 saturated heterocycles. The Balaban J connectivity index is 1.00. The number of carbonyl (C=O) groups is 2. The van der Waals surface area contributed by atoms with E-state index in [9.17, 15) is 27.9 Å². The number of carbonyl (C=O) groups excluding carboxylic acids is 1. The molecule has 11 nitrogen and oxygen atoms in total. The van der Waals surface area contributed by atoms with Crippen LogP contribution < -0.4 is 15.0 Å². The molecular formula is C47H51F3N6O5. The average molecular weight is 837 g/mol. The Bertz CT molecular complexity index is 2360. The lowest BCUT2D eigenvalue weighted by Crippen LogP contribution is -2.57. The van der Waals surface area contributed by atoms with Crippen LogP contribution in [-0.2, 0) is 22.3 Å². The van der Waals surface area contributed by atoms with Gasteiger partial charge >= 0.3 is 12.1 Å². The number of carboxylic acids is 1. The molecule has 4 atom stereocenters. The van der Waals surface area contributed by atoms with Crippen LogP contribution >= 0.6 is 0 Å². The standard InChI is InChI=1S/C47H51F3N6O5/c1-29-22-31-24-32(23-29)46(26-31,44(58)59)54-43(57)38-14-15-40(53-42(38)47(48,49)50)39-27-56(33-8-10-34(11-9-33)60-28-30-6-3-2-4-7-30)41-25-36(12-13-37(39)41)61-35-16-20-55(21-17-35)45-51-18-5-19-52-45/h2-7,12-15,18-19,25,27,29,31-35H,8-11,16-17,20-24,26,28H2,1H3,(H,54,57)(H,58,59)/t29?,31?,32?,33-,34+,46?. The van der Waals surface area contributed by atoms with Crippen molar-refractivity contribution in [3.63, 3.8) is 0 Å². The van der Waals surface area contributed by atoms with Gasteiger partial charge in [0, 0.05) is 67.6 Å². The third kappa shape index (κ3) is 8.43. The largest absolute Gasteiger partial charge is 0.490 e. The van der Waals surface area contributed by atoms with Crippen LogP contribution in [0.3, 0.4) is 0 Å². The molecule has 4 unspecified atom stereocenters. The maximum Gasteiger partial charge on any atom is 0.434 e. The number of nitrogens with one attached hydrogen (secondary N) is 1. The first kappa shape index (κ1) is 40.9. The highest BCUT2D eigenvalue weighted by Gasteiger charge is 2.56. The molecule has 0 spiro atoms. The van der Waals surface area contributed by atoms with E-state index in [1.54, 1.807) is 18.5 Å². The zero-order valence-corrected chi connectivity index (χ0v) is 34.2. The van der Waals surface area contributed by atoms with Gasteiger partial charge < -0.3 is 29.4 Å². The number of amides is 1. The number of piperidine rings is 1. The number of hydrogen-bond donors (Lipinski definition) is 2. The maximum absolute atomic E-state index is 14.9. The number of carboxylic acid groups (broad SMARTS) is 1. The molecule has 61 heavy (non-hydrogen) atoms. The smallest absolute Gasteiger partial charge is 0.434 e. The molecule has 4 heterocycles. The number of fused-ring (bicyclic) bond motifs is 3. The van der Waals surface area contributed by atoms with Crippen molar-refractivity contribution in [2.45, 2.75) is 108 Å². The normalized spacial score (nSPS) is 25.7. The summed E-state index contributed by atoms with van der Waals surface area (Å²) in [6.07, 6.45) is 7.46. The van der Waals surface area contributed by atoms with E-state index in [0.29, 0.717) is 42.1 Å². The van der Waals surface area contributed by atoms with Gasteiger partial charge in [-0.15, -0.1) is 0 Å². The molecule has 9 rings (SSSR count). The molecule has 14 heteroatoms. The second-order valence-corrected chi connectivity index (χ2v) is 17.6. The fraction of sp³-hybridized carbons (Fsp3) is 0.468. The molecule has 1 aliphatic heterocycles. The highest BCUT2D eigenvalue weighted by Crippen LogP contribution is 2.51. The van der Waals surface area contributed by atoms with E-state index in [4.69, 9.17) is 9.47 Å². The summed E-state index contributed by atoms with van der Waals surface area (Å²) in [5.41, 5.74) is -1.17. The van der Waals surface area contributed by atoms with Gasteiger partial charge in [-0.1, -0.05) is 37.3 Å². The van der Waals surface area contributed by atoms with Gasteiger partial charge in [-0.3, -0.25) is 4.79 Å². The molecule has 3 aliphatic carbocycles. The van der Waals surface area contributed by atoms with Gasteiger partial charge in [-0.2, -0.15) is 13.2 Å². The van der Waals surface area contributed by atoms with Crippen molar-refractivity contribution in [2.75, 3.05) is 18.0 Å². The van der Waals surface area contributed by atoms with Gasteiger partial charge in [0.1, 0.15) is 17.4 Å². The van der Waals surface area contributed by atoms with Crippen molar-refractivity contribution in [3.8, 4) is 17.0 Å². The monoisotopic (exact) mass is 836 g/mol. The number of pyridine rings is 1. The van der Waals surface area contributed by atoms with Crippen LogP contribution in [0.1, 0.15) is 98.8 Å². The Morgan fingerprint density at radius 2 is 1.66 bits per heavy atom. The Morgan fingerprint density at radius 3 is 2.38 bits per heavy atom. The first-order chi connectivity index (χ1) is 29.4. The van der Waals surface area contributed by atoms with Crippen LogP contribution in [0.5, 0.6) is 5.75 Å². The number of alkyl halides is 3. The number of hydrogen-bond acceptors (Lipinski definition) is 8. The predicted octanol–water partition coefficient (Wildman–Crippen LogP) is 9.27. The number of anilines is 1. The molecule has 320 valence electrons. The summed E-state index contributed by atoms with van der Waals surface area (Å²) in [7, 11) is 0. The third-order valence-electron chi connectivity index (χ3n) is 13.5. The number of aromatic nitrogens is 4. The second kappa shape index (κ2) is 16.8. The summed E-state index contributed by atoms with van der Waals surface area (Å²) in [5.74, 6) is -0.912. The number of halogens is 3. The molecule has 0 radical (unpaired) electrons. The van der Waals surface area contributed by atoms with Crippen LogP contribution in [0.4, 0.5) is 19.1 Å². The summed E-state index contributed by atoms with van der Waals surface area (Å²) >= 11 is 0. The summed E-state index contributed by atoms with van der Waals surface area (Å²) < 4.78 is 59.8. The quantitative estimate of drug-likeness (QED) is 0.134. The van der Waals surface area contributed by atoms with E-state index in [2.05, 4.69) is 29.7 Å². The van der Waals surface area contributed by atoms with Crippen molar-refractivity contribution in [2.24, 2.45) is 17.8 Å². The molecule has 1 amide bonds. The summed E-state index contributed by atoms with van der Waals surface area (Å²) in [6, 6.07) is 20.2. The van der Waals surface area contributed by atoms with E-state index < -0.39 is 34.8 Å². The molecule has 4 fully saturated rings. The molecular weight excluding hydrogens is 786 g/mol. The van der Waals surface area contributed by atoms with Crippen molar-refractivity contribution in [1.82, 2.24) is 24.8 Å². The fourth-order valence-corrected chi connectivity index (χ4v) is 10.6. The molecule has 3 saturated carbocycles. The van der Waals surface area contributed by atoms with Crippen LogP contribution in [0.15, 0.2) is 85.3 Å². The fourth-order valence-electron chi connectivity index (χ4n) is 10.6. The Kier molecular flexibility index (Phi) is 11.2. The topological polar surface area (TPSA) is 132 Å². The minimum Gasteiger partial charge on any atom is -0.490 e. The Hall–Kier alpha value is -5.50. The van der Waals surface area contributed by atoms with Crippen LogP contribution in [0, 0.1) is 17.8 Å². The summed E-state index contributed by atoms with van der Waals surface area (Å²) in [4.78, 5) is 41.6. The number of nitrogens with zero attached hydrogens (tertiary/aromatic N) is 5. The molecule has 2 aromatic carbocycles. The van der Waals surface area contributed by atoms with Crippen molar-refractivity contribution in [1.29, 1.82) is 0 Å². The van der Waals surface area contributed by atoms with E-state index in [0.717, 1.165) is 75.2 Å². The van der Waals surface area contributed by atoms with E-state index in [1.165, 1.54) is 6.07 Å². The average Bonchev–Trinajstić information content (AvgIpc) is 3.77. The molecule has 2 N–H and O–H groups in total. The van der Waals surface area contributed by atoms with Crippen LogP contribution in [0.25, 0.3) is 22.2 Å². The highest BCUT2D eigenvalue weighted by molar-refractivity contribution is 6.00. The molecule has 5 aromatic rings. The third-order valence-corrected chi connectivity index (χ3v) is 13.5. The lowest BCUT2D eigenvalue weighted by Gasteiger charge is -2.33. The zero-order chi connectivity index (χ0) is 42.3. The van der Waals surface area contributed by atoms with E-state index >= 15 is 0 Å². The maximum atomic E-state index is 14.9. The van der Waals surface area contributed by atoms with Crippen molar-refractivity contribution in [3.05, 3.63) is 102 Å². The Morgan fingerprint density at radius 1 is 0.902 bits per heavy atom. The minimum absolute atomic E-state index is 0.0420. The first-order valence-electron chi connectivity index (χ1n) is 21.6. The molecule has 4 aliphatic rings. The van der Waals surface area contributed by atoms with Gasteiger partial charge in [0.15, 0.2) is 5.69 Å². The SMILES string of the molecule is CC1CC2CC(C1)C(NC(=O)c1ccc(-c3cn([C@H]4CC[C@@H](OCc5ccccc5)CC4)c4cc(OC5CCN(c6ncccn6)CC5)ccc34)nc1C(F)(F)F)(C(=O)O)C2. The lowest BCUT2D eigenvalue weighted by molar-refractivity contribution is -0.146. The van der Waals surface area contributed by atoms with Gasteiger partial charge in [0.2, 0.25) is 5.95 Å².